The highest BCUT2D eigenvalue weighted by Crippen LogP contribution is 2.16. The Kier molecular flexibility index (Phi) is 5.66. The smallest absolute Gasteiger partial charge is 0.110 e. The third-order valence-electron chi connectivity index (χ3n) is 4.85. The van der Waals surface area contributed by atoms with Crippen LogP contribution in [0.5, 0.6) is 0 Å². The van der Waals surface area contributed by atoms with Crippen molar-refractivity contribution in [3.05, 3.63) is 48.0 Å². The minimum atomic E-state index is 0.477. The second-order valence-electron chi connectivity index (χ2n) is 6.86. The maximum Gasteiger partial charge on any atom is 0.110 e. The third kappa shape index (κ3) is 4.23. The average Bonchev–Trinajstić information content (AvgIpc) is 3.01. The molecule has 0 radical (unpaired) electrons. The molecule has 2 heterocycles. The molecule has 1 aliphatic heterocycles. The van der Waals surface area contributed by atoms with Gasteiger partial charge >= 0.3 is 0 Å². The number of piperazine rings is 1. The number of rotatable bonds is 6. The molecule has 0 saturated carbocycles. The van der Waals surface area contributed by atoms with E-state index in [4.69, 9.17) is 0 Å². The van der Waals surface area contributed by atoms with Crippen LogP contribution in [0.1, 0.15) is 18.3 Å². The fourth-order valence-corrected chi connectivity index (χ4v) is 3.29. The minimum Gasteiger partial charge on any atom is -0.309 e. The summed E-state index contributed by atoms with van der Waals surface area (Å²) in [7, 11) is 2.20. The monoisotopic (exact) mass is 327 g/mol. The van der Waals surface area contributed by atoms with Gasteiger partial charge in [0.05, 0.1) is 5.69 Å². The van der Waals surface area contributed by atoms with E-state index in [1.807, 2.05) is 19.3 Å². The number of aryl methyl sites for hydroxylation is 1. The molecule has 5 heteroatoms. The van der Waals surface area contributed by atoms with Crippen molar-refractivity contribution in [2.75, 3.05) is 39.8 Å². The molecule has 0 amide bonds. The van der Waals surface area contributed by atoms with Gasteiger partial charge in [0.2, 0.25) is 0 Å². The Bertz CT molecular complexity index is 643. The molecule has 24 heavy (non-hydrogen) atoms. The third-order valence-corrected chi connectivity index (χ3v) is 4.85. The molecule has 130 valence electrons. The lowest BCUT2D eigenvalue weighted by Crippen LogP contribution is -2.48. The highest BCUT2D eigenvalue weighted by molar-refractivity contribution is 5.41. The first-order chi connectivity index (χ1) is 11.6. The van der Waals surface area contributed by atoms with Gasteiger partial charge in [0.25, 0.3) is 0 Å². The molecule has 1 aromatic carbocycles. The van der Waals surface area contributed by atoms with Crippen molar-refractivity contribution >= 4 is 0 Å². The van der Waals surface area contributed by atoms with Crippen molar-refractivity contribution in [3.63, 3.8) is 0 Å². The molecule has 0 aliphatic carbocycles. The van der Waals surface area contributed by atoms with Gasteiger partial charge in [0.15, 0.2) is 0 Å². The van der Waals surface area contributed by atoms with Gasteiger partial charge in [-0.3, -0.25) is 4.90 Å². The molecule has 0 spiro atoms. The molecule has 1 atom stereocenters. The Hall–Kier alpha value is -1.69. The minimum absolute atomic E-state index is 0.477. The van der Waals surface area contributed by atoms with Gasteiger partial charge in [-0.05, 0) is 32.5 Å². The molecule has 0 bridgehead atoms. The number of imidazole rings is 1. The number of para-hydroxylation sites is 1. The van der Waals surface area contributed by atoms with Crippen molar-refractivity contribution < 1.29 is 0 Å². The van der Waals surface area contributed by atoms with E-state index in [-0.39, 0.29) is 0 Å². The molecule has 1 aliphatic rings. The average molecular weight is 327 g/mol. The summed E-state index contributed by atoms with van der Waals surface area (Å²) in [5.41, 5.74) is 2.52. The molecule has 5 nitrogen and oxygen atoms in total. The summed E-state index contributed by atoms with van der Waals surface area (Å²) in [6.45, 7) is 11.0. The van der Waals surface area contributed by atoms with Crippen LogP contribution in [0, 0.1) is 6.92 Å². The van der Waals surface area contributed by atoms with Crippen molar-refractivity contribution in [2.45, 2.75) is 26.4 Å². The number of hydrogen-bond donors (Lipinski definition) is 1. The Morgan fingerprint density at radius 2 is 1.92 bits per heavy atom. The maximum absolute atomic E-state index is 4.34. The Balaban J connectivity index is 1.58. The molecule has 2 aromatic rings. The molecule has 1 saturated heterocycles. The van der Waals surface area contributed by atoms with E-state index in [0.717, 1.165) is 18.9 Å². The van der Waals surface area contributed by atoms with E-state index < -0.39 is 0 Å². The van der Waals surface area contributed by atoms with Crippen LogP contribution in [0.15, 0.2) is 36.7 Å². The zero-order valence-corrected chi connectivity index (χ0v) is 15.1. The van der Waals surface area contributed by atoms with E-state index >= 15 is 0 Å². The van der Waals surface area contributed by atoms with E-state index in [1.165, 1.54) is 37.4 Å². The van der Waals surface area contributed by atoms with E-state index in [1.54, 1.807) is 0 Å². The highest BCUT2D eigenvalue weighted by Gasteiger charge is 2.16. The van der Waals surface area contributed by atoms with E-state index in [2.05, 4.69) is 62.9 Å². The van der Waals surface area contributed by atoms with Gasteiger partial charge in [-0.2, -0.15) is 0 Å². The van der Waals surface area contributed by atoms with Gasteiger partial charge in [-0.15, -0.1) is 0 Å². The summed E-state index contributed by atoms with van der Waals surface area (Å²) >= 11 is 0. The first-order valence-corrected chi connectivity index (χ1v) is 8.86. The zero-order chi connectivity index (χ0) is 16.9. The normalized spacial score (nSPS) is 18.0. The van der Waals surface area contributed by atoms with Crippen LogP contribution < -0.4 is 5.32 Å². The van der Waals surface area contributed by atoms with Crippen LogP contribution in [0.3, 0.4) is 0 Å². The van der Waals surface area contributed by atoms with Gasteiger partial charge in [-0.1, -0.05) is 18.2 Å². The second kappa shape index (κ2) is 7.92. The summed E-state index contributed by atoms with van der Waals surface area (Å²) in [4.78, 5) is 9.30. The van der Waals surface area contributed by atoms with Crippen molar-refractivity contribution in [1.29, 1.82) is 0 Å². The Labute approximate surface area is 145 Å². The maximum atomic E-state index is 4.34. The van der Waals surface area contributed by atoms with Crippen molar-refractivity contribution in [3.8, 4) is 5.69 Å². The number of likely N-dealkylation sites (N-methyl/N-ethyl adjacent to an activating group) is 1. The number of benzene rings is 1. The van der Waals surface area contributed by atoms with Crippen LogP contribution in [-0.4, -0.2) is 65.2 Å². The van der Waals surface area contributed by atoms with Crippen LogP contribution in [0.2, 0.25) is 0 Å². The van der Waals surface area contributed by atoms with Gasteiger partial charge in [0.1, 0.15) is 5.82 Å². The molecule has 3 rings (SSSR count). The number of nitrogens with one attached hydrogen (secondary N) is 1. The second-order valence-corrected chi connectivity index (χ2v) is 6.86. The van der Waals surface area contributed by atoms with Crippen LogP contribution in [0.4, 0.5) is 0 Å². The number of aromatic nitrogens is 2. The Morgan fingerprint density at radius 3 is 2.62 bits per heavy atom. The van der Waals surface area contributed by atoms with E-state index in [9.17, 15) is 0 Å². The standard InChI is InChI=1S/C19H29N5/c1-16(15-23-12-10-22(3)11-13-23)21-14-18-6-4-5-7-19(18)24-9-8-20-17(24)2/h4-9,16,21H,10-15H2,1-3H3/t16-/m0/s1. The molecular formula is C19H29N5. The molecule has 0 unspecified atom stereocenters. The largest absolute Gasteiger partial charge is 0.309 e. The SMILES string of the molecule is Cc1nccn1-c1ccccc1CN[C@@H](C)CN1CCN(C)CC1. The highest BCUT2D eigenvalue weighted by atomic mass is 15.3. The Morgan fingerprint density at radius 1 is 1.17 bits per heavy atom. The van der Waals surface area contributed by atoms with Crippen LogP contribution in [0.25, 0.3) is 5.69 Å². The molecule has 1 fully saturated rings. The fraction of sp³-hybridized carbons (Fsp3) is 0.526. The lowest BCUT2D eigenvalue weighted by molar-refractivity contribution is 0.144. The van der Waals surface area contributed by atoms with Crippen LogP contribution in [-0.2, 0) is 6.54 Å². The predicted molar refractivity (Wildman–Crippen MR) is 98.5 cm³/mol. The number of hydrogen-bond acceptors (Lipinski definition) is 4. The lowest BCUT2D eigenvalue weighted by atomic mass is 10.1. The van der Waals surface area contributed by atoms with Gasteiger partial charge in [-0.25, -0.2) is 4.98 Å². The molecular weight excluding hydrogens is 298 g/mol. The quantitative estimate of drug-likeness (QED) is 0.879. The first-order valence-electron chi connectivity index (χ1n) is 8.86. The van der Waals surface area contributed by atoms with Crippen molar-refractivity contribution in [2.24, 2.45) is 0 Å². The predicted octanol–water partition coefficient (Wildman–Crippen LogP) is 1.91. The molecule has 1 N–H and O–H groups in total. The lowest BCUT2D eigenvalue weighted by Gasteiger charge is -2.34. The summed E-state index contributed by atoms with van der Waals surface area (Å²) in [6.07, 6.45) is 3.89. The fourth-order valence-electron chi connectivity index (χ4n) is 3.29. The first kappa shape index (κ1) is 17.1. The van der Waals surface area contributed by atoms with E-state index in [0.29, 0.717) is 6.04 Å². The van der Waals surface area contributed by atoms with Crippen molar-refractivity contribution in [1.82, 2.24) is 24.7 Å². The number of nitrogens with zero attached hydrogens (tertiary/aromatic N) is 4. The topological polar surface area (TPSA) is 36.3 Å². The molecule has 1 aromatic heterocycles. The van der Waals surface area contributed by atoms with Gasteiger partial charge in [0, 0.05) is 57.7 Å². The van der Waals surface area contributed by atoms with Gasteiger partial charge < -0.3 is 14.8 Å². The summed E-state index contributed by atoms with van der Waals surface area (Å²) in [5.74, 6) is 1.02. The zero-order valence-electron chi connectivity index (χ0n) is 15.1. The summed E-state index contributed by atoms with van der Waals surface area (Å²) < 4.78 is 2.15. The summed E-state index contributed by atoms with van der Waals surface area (Å²) in [5, 5.41) is 3.69. The summed E-state index contributed by atoms with van der Waals surface area (Å²) in [6, 6.07) is 9.04. The van der Waals surface area contributed by atoms with Crippen LogP contribution >= 0.6 is 0 Å².